The van der Waals surface area contributed by atoms with Crippen LogP contribution in [0.2, 0.25) is 18.1 Å². The van der Waals surface area contributed by atoms with Crippen LogP contribution in [-0.4, -0.2) is 27.5 Å². The molecule has 2 aliphatic carbocycles. The summed E-state index contributed by atoms with van der Waals surface area (Å²) in [6, 6.07) is 0. The Morgan fingerprint density at radius 3 is 2.48 bits per heavy atom. The number of hydrogen-bond acceptors (Lipinski definition) is 3. The smallest absolute Gasteiger partial charge is 0.309 e. The van der Waals surface area contributed by atoms with Gasteiger partial charge in [0.1, 0.15) is 0 Å². The maximum Gasteiger partial charge on any atom is 0.309 e. The Hall–Kier alpha value is -0.873. The summed E-state index contributed by atoms with van der Waals surface area (Å²) in [6.45, 7) is 16.6. The maximum atomic E-state index is 11.3. The Morgan fingerprint density at radius 1 is 1.21 bits per heavy atom. The number of carbonyl (C=O) groups excluding carboxylic acids is 1. The van der Waals surface area contributed by atoms with Crippen LogP contribution < -0.4 is 0 Å². The van der Waals surface area contributed by atoms with Gasteiger partial charge in [0.2, 0.25) is 0 Å². The molecule has 2 saturated carbocycles. The molecule has 0 aliphatic heterocycles. The van der Waals surface area contributed by atoms with Gasteiger partial charge in [0, 0.05) is 6.10 Å². The second kappa shape index (κ2) is 9.51. The summed E-state index contributed by atoms with van der Waals surface area (Å²) < 4.78 is 11.7. The average Bonchev–Trinajstić information content (AvgIpc) is 2.98. The summed E-state index contributed by atoms with van der Waals surface area (Å²) >= 11 is 0. The van der Waals surface area contributed by atoms with Gasteiger partial charge in [-0.15, -0.1) is 0 Å². The molecule has 166 valence electrons. The molecular weight excluding hydrogens is 376 g/mol. The first-order chi connectivity index (χ1) is 13.5. The largest absolute Gasteiger partial charge is 0.469 e. The molecule has 0 saturated heterocycles. The second-order valence-electron chi connectivity index (χ2n) is 10.9. The molecule has 0 aromatic heterocycles. The Kier molecular flexibility index (Phi) is 8.00. The zero-order valence-corrected chi connectivity index (χ0v) is 21.1. The molecule has 0 aromatic carbocycles. The van der Waals surface area contributed by atoms with E-state index in [1.165, 1.54) is 44.8 Å². The lowest BCUT2D eigenvalue weighted by Crippen LogP contribution is -2.50. The van der Waals surface area contributed by atoms with E-state index in [0.717, 1.165) is 6.42 Å². The highest BCUT2D eigenvalue weighted by molar-refractivity contribution is 6.74. The van der Waals surface area contributed by atoms with E-state index >= 15 is 0 Å². The summed E-state index contributed by atoms with van der Waals surface area (Å²) in [5.74, 6) is 1.12. The summed E-state index contributed by atoms with van der Waals surface area (Å²) in [4.78, 5) is 11.3. The standard InChI is InChI=1S/C25H44O3Si/c1-9-19(13-10-11-15-23(26)27-6)20-16-17-21-22(14-12-18-25(20,21)5)28-29(7,8)24(2,3)4/h10-11,13,20-22H,9,12,14-18H2,1-8H3/t20-,21+,22+,25-/m1/s1. The fourth-order valence-corrected chi connectivity index (χ4v) is 6.74. The molecule has 4 atom stereocenters. The summed E-state index contributed by atoms with van der Waals surface area (Å²) in [6.07, 6.45) is 14.4. The van der Waals surface area contributed by atoms with E-state index in [9.17, 15) is 4.79 Å². The van der Waals surface area contributed by atoms with E-state index in [2.05, 4.69) is 59.9 Å². The number of carbonyl (C=O) groups is 1. The van der Waals surface area contributed by atoms with Crippen molar-refractivity contribution in [1.29, 1.82) is 0 Å². The molecule has 0 N–H and O–H groups in total. The SMILES string of the molecule is CCC(=CC=CCC(=O)OC)[C@H]1CC[C@H]2[C@@H](O[Si](C)(C)C(C)(C)C)CCC[C@]12C. The third-order valence-corrected chi connectivity index (χ3v) is 12.6. The van der Waals surface area contributed by atoms with Gasteiger partial charge in [-0.25, -0.2) is 0 Å². The molecule has 0 amide bonds. The van der Waals surface area contributed by atoms with Crippen molar-refractivity contribution in [3.8, 4) is 0 Å². The highest BCUT2D eigenvalue weighted by atomic mass is 28.4. The predicted molar refractivity (Wildman–Crippen MR) is 124 cm³/mol. The van der Waals surface area contributed by atoms with Crippen molar-refractivity contribution in [2.45, 2.75) is 104 Å². The molecule has 0 heterocycles. The molecule has 4 heteroatoms. The van der Waals surface area contributed by atoms with Crippen LogP contribution >= 0.6 is 0 Å². The molecule has 29 heavy (non-hydrogen) atoms. The normalized spacial score (nSPS) is 31.2. The number of fused-ring (bicyclic) bond motifs is 1. The van der Waals surface area contributed by atoms with Crippen molar-refractivity contribution in [2.24, 2.45) is 17.3 Å². The van der Waals surface area contributed by atoms with Gasteiger partial charge >= 0.3 is 5.97 Å². The van der Waals surface area contributed by atoms with Gasteiger partial charge in [0.05, 0.1) is 13.5 Å². The Bertz CT molecular complexity index is 628. The third-order valence-electron chi connectivity index (χ3n) is 8.13. The average molecular weight is 421 g/mol. The van der Waals surface area contributed by atoms with Gasteiger partial charge in [-0.05, 0) is 67.5 Å². The van der Waals surface area contributed by atoms with Crippen LogP contribution in [0.4, 0.5) is 0 Å². The van der Waals surface area contributed by atoms with Gasteiger partial charge in [-0.1, -0.05) is 64.8 Å². The third kappa shape index (κ3) is 5.44. The summed E-state index contributed by atoms with van der Waals surface area (Å²) in [5, 5.41) is 0.262. The molecule has 3 nitrogen and oxygen atoms in total. The monoisotopic (exact) mass is 420 g/mol. The first kappa shape index (κ1) is 24.4. The lowest BCUT2D eigenvalue weighted by molar-refractivity contribution is -0.139. The fourth-order valence-electron chi connectivity index (χ4n) is 5.34. The minimum absolute atomic E-state index is 0.182. The minimum Gasteiger partial charge on any atom is -0.469 e. The van der Waals surface area contributed by atoms with E-state index in [-0.39, 0.29) is 11.0 Å². The Morgan fingerprint density at radius 2 is 1.90 bits per heavy atom. The van der Waals surface area contributed by atoms with E-state index in [0.29, 0.717) is 29.8 Å². The van der Waals surface area contributed by atoms with Crippen LogP contribution in [0.25, 0.3) is 0 Å². The second-order valence-corrected chi connectivity index (χ2v) is 15.6. The van der Waals surface area contributed by atoms with Crippen molar-refractivity contribution >= 4 is 14.3 Å². The Labute approximate surface area is 180 Å². The molecule has 0 aromatic rings. The molecule has 0 unspecified atom stereocenters. The molecule has 0 radical (unpaired) electrons. The maximum absolute atomic E-state index is 11.3. The van der Waals surface area contributed by atoms with Crippen molar-refractivity contribution in [1.82, 2.24) is 0 Å². The quantitative estimate of drug-likeness (QED) is 0.251. The van der Waals surface area contributed by atoms with Gasteiger partial charge in [-0.3, -0.25) is 4.79 Å². The van der Waals surface area contributed by atoms with Crippen LogP contribution in [0, 0.1) is 17.3 Å². The molecule has 0 spiro atoms. The van der Waals surface area contributed by atoms with Gasteiger partial charge in [-0.2, -0.15) is 0 Å². The fraction of sp³-hybridized carbons (Fsp3) is 0.800. The lowest BCUT2D eigenvalue weighted by atomic mass is 9.62. The molecule has 2 rings (SSSR count). The van der Waals surface area contributed by atoms with Crippen LogP contribution in [0.3, 0.4) is 0 Å². The van der Waals surface area contributed by atoms with Crippen LogP contribution in [0.15, 0.2) is 23.8 Å². The number of esters is 1. The highest BCUT2D eigenvalue weighted by Crippen LogP contribution is 2.59. The molecule has 2 aliphatic rings. The van der Waals surface area contributed by atoms with E-state index in [1.807, 2.05) is 6.08 Å². The van der Waals surface area contributed by atoms with Crippen LogP contribution in [0.1, 0.15) is 79.6 Å². The van der Waals surface area contributed by atoms with E-state index in [4.69, 9.17) is 9.16 Å². The lowest BCUT2D eigenvalue weighted by Gasteiger charge is -2.49. The first-order valence-electron chi connectivity index (χ1n) is 11.6. The van der Waals surface area contributed by atoms with Crippen molar-refractivity contribution in [2.75, 3.05) is 7.11 Å². The first-order valence-corrected chi connectivity index (χ1v) is 14.5. The zero-order valence-electron chi connectivity index (χ0n) is 20.1. The zero-order chi connectivity index (χ0) is 21.9. The topological polar surface area (TPSA) is 35.5 Å². The van der Waals surface area contributed by atoms with Gasteiger partial charge in [0.15, 0.2) is 8.32 Å². The number of allylic oxidation sites excluding steroid dienone is 3. The molecule has 2 fully saturated rings. The predicted octanol–water partition coefficient (Wildman–Crippen LogP) is 7.05. The van der Waals surface area contributed by atoms with Crippen molar-refractivity contribution in [3.05, 3.63) is 23.8 Å². The van der Waals surface area contributed by atoms with Gasteiger partial charge < -0.3 is 9.16 Å². The number of hydrogen-bond donors (Lipinski definition) is 0. The van der Waals surface area contributed by atoms with E-state index < -0.39 is 8.32 Å². The summed E-state index contributed by atoms with van der Waals surface area (Å²) in [5.41, 5.74) is 1.87. The number of methoxy groups -OCH3 is 1. The van der Waals surface area contributed by atoms with Gasteiger partial charge in [0.25, 0.3) is 0 Å². The van der Waals surface area contributed by atoms with Crippen LogP contribution in [0.5, 0.6) is 0 Å². The summed E-state index contributed by atoms with van der Waals surface area (Å²) in [7, 11) is -0.314. The van der Waals surface area contributed by atoms with Crippen LogP contribution in [-0.2, 0) is 14.0 Å². The number of ether oxygens (including phenoxy) is 1. The van der Waals surface area contributed by atoms with E-state index in [1.54, 1.807) is 0 Å². The van der Waals surface area contributed by atoms with Crippen molar-refractivity contribution < 1.29 is 14.0 Å². The Balaban J connectivity index is 2.17. The number of rotatable bonds is 7. The molecule has 0 bridgehead atoms. The minimum atomic E-state index is -1.75. The molecular formula is C25H44O3Si. The van der Waals surface area contributed by atoms with Crippen molar-refractivity contribution in [3.63, 3.8) is 0 Å². The highest BCUT2D eigenvalue weighted by Gasteiger charge is 2.53.